The quantitative estimate of drug-likeness (QED) is 0.654. The van der Waals surface area contributed by atoms with Crippen molar-refractivity contribution in [2.24, 2.45) is 5.92 Å². The number of nitrogens with one attached hydrogen (secondary N) is 1. The van der Waals surface area contributed by atoms with Gasteiger partial charge in [-0.15, -0.1) is 0 Å². The second-order valence-electron chi connectivity index (χ2n) is 7.08. The van der Waals surface area contributed by atoms with Crippen molar-refractivity contribution in [3.8, 4) is 5.75 Å². The predicted molar refractivity (Wildman–Crippen MR) is 89.1 cm³/mol. The van der Waals surface area contributed by atoms with Gasteiger partial charge in [-0.3, -0.25) is 10.1 Å². The fourth-order valence-electron chi connectivity index (χ4n) is 2.71. The number of ether oxygens (including phenoxy) is 2. The molecule has 1 aliphatic rings. The number of nitrogens with zero attached hydrogens (tertiary/aromatic N) is 1. The fraction of sp³-hybridized carbons (Fsp3) is 0.588. The average Bonchev–Trinajstić information content (AvgIpc) is 2.91. The van der Waals surface area contributed by atoms with E-state index in [2.05, 4.69) is 5.32 Å². The Hall–Kier alpha value is -2.31. The van der Waals surface area contributed by atoms with Gasteiger partial charge in [0.05, 0.1) is 11.5 Å². The van der Waals surface area contributed by atoms with Gasteiger partial charge in [0.15, 0.2) is 0 Å². The zero-order chi connectivity index (χ0) is 17.7. The molecule has 1 aliphatic carbocycles. The number of nitro benzene ring substituents is 1. The van der Waals surface area contributed by atoms with E-state index in [4.69, 9.17) is 9.47 Å². The van der Waals surface area contributed by atoms with Crippen molar-refractivity contribution in [1.29, 1.82) is 0 Å². The summed E-state index contributed by atoms with van der Waals surface area (Å²) in [6.07, 6.45) is 2.32. The normalized spacial score (nSPS) is 20.5. The molecule has 1 aromatic rings. The molecule has 1 N–H and O–H groups in total. The van der Waals surface area contributed by atoms with Crippen molar-refractivity contribution in [3.63, 3.8) is 0 Å². The number of amides is 1. The van der Waals surface area contributed by atoms with Gasteiger partial charge >= 0.3 is 6.09 Å². The molecule has 1 fully saturated rings. The van der Waals surface area contributed by atoms with Crippen LogP contribution in [-0.2, 0) is 4.74 Å². The third-order valence-electron chi connectivity index (χ3n) is 3.80. The Morgan fingerprint density at radius 3 is 2.54 bits per heavy atom. The van der Waals surface area contributed by atoms with Crippen LogP contribution < -0.4 is 10.1 Å². The molecule has 2 atom stereocenters. The first-order valence-electron chi connectivity index (χ1n) is 8.10. The van der Waals surface area contributed by atoms with E-state index in [9.17, 15) is 14.9 Å². The SMILES string of the molecule is CC(C)(C)OC(=O)NC1CCC(COc2ccc([N+](=O)[O-])cc2)C1. The van der Waals surface area contributed by atoms with E-state index >= 15 is 0 Å². The largest absolute Gasteiger partial charge is 0.493 e. The van der Waals surface area contributed by atoms with E-state index in [1.807, 2.05) is 20.8 Å². The van der Waals surface area contributed by atoms with Crippen molar-refractivity contribution in [1.82, 2.24) is 5.32 Å². The summed E-state index contributed by atoms with van der Waals surface area (Å²) < 4.78 is 11.0. The fourth-order valence-corrected chi connectivity index (χ4v) is 2.71. The highest BCUT2D eigenvalue weighted by Gasteiger charge is 2.28. The molecular weight excluding hydrogens is 312 g/mol. The number of nitro groups is 1. The number of hydrogen-bond donors (Lipinski definition) is 1. The molecule has 0 heterocycles. The van der Waals surface area contributed by atoms with Crippen LogP contribution in [0.5, 0.6) is 5.75 Å². The highest BCUT2D eigenvalue weighted by Crippen LogP contribution is 2.27. The maximum Gasteiger partial charge on any atom is 0.407 e. The van der Waals surface area contributed by atoms with E-state index in [-0.39, 0.29) is 17.8 Å². The lowest BCUT2D eigenvalue weighted by Crippen LogP contribution is -2.38. The number of hydrogen-bond acceptors (Lipinski definition) is 5. The smallest absolute Gasteiger partial charge is 0.407 e. The predicted octanol–water partition coefficient (Wildman–Crippen LogP) is 3.67. The summed E-state index contributed by atoms with van der Waals surface area (Å²) in [6.45, 7) is 6.04. The second-order valence-corrected chi connectivity index (χ2v) is 7.08. The first kappa shape index (κ1) is 18.0. The number of alkyl carbamates (subject to hydrolysis) is 1. The maximum absolute atomic E-state index is 11.8. The second kappa shape index (κ2) is 7.51. The summed E-state index contributed by atoms with van der Waals surface area (Å²) in [5.41, 5.74) is -0.453. The average molecular weight is 336 g/mol. The molecule has 7 heteroatoms. The Bertz CT molecular complexity index is 580. The lowest BCUT2D eigenvalue weighted by Gasteiger charge is -2.21. The molecule has 2 unspecified atom stereocenters. The van der Waals surface area contributed by atoms with Crippen LogP contribution in [0.25, 0.3) is 0 Å². The maximum atomic E-state index is 11.8. The molecule has 1 aromatic carbocycles. The van der Waals surface area contributed by atoms with Crippen LogP contribution in [0.1, 0.15) is 40.0 Å². The van der Waals surface area contributed by atoms with Crippen LogP contribution in [0.15, 0.2) is 24.3 Å². The number of benzene rings is 1. The first-order valence-corrected chi connectivity index (χ1v) is 8.10. The summed E-state index contributed by atoms with van der Waals surface area (Å²) in [4.78, 5) is 21.9. The molecule has 0 bridgehead atoms. The van der Waals surface area contributed by atoms with Gasteiger partial charge in [-0.05, 0) is 58.1 Å². The van der Waals surface area contributed by atoms with Crippen LogP contribution in [0.3, 0.4) is 0 Å². The molecular formula is C17H24N2O5. The molecule has 0 aromatic heterocycles. The first-order chi connectivity index (χ1) is 11.2. The molecule has 0 spiro atoms. The zero-order valence-corrected chi connectivity index (χ0v) is 14.3. The van der Waals surface area contributed by atoms with E-state index in [1.165, 1.54) is 12.1 Å². The minimum absolute atomic E-state index is 0.0461. The molecule has 24 heavy (non-hydrogen) atoms. The Labute approximate surface area is 141 Å². The third-order valence-corrected chi connectivity index (χ3v) is 3.80. The van der Waals surface area contributed by atoms with Crippen LogP contribution in [0.4, 0.5) is 10.5 Å². The topological polar surface area (TPSA) is 90.7 Å². The van der Waals surface area contributed by atoms with Crippen LogP contribution in [-0.4, -0.2) is 29.3 Å². The Morgan fingerprint density at radius 1 is 1.29 bits per heavy atom. The van der Waals surface area contributed by atoms with Gasteiger partial charge in [-0.25, -0.2) is 4.79 Å². The van der Waals surface area contributed by atoms with Crippen molar-refractivity contribution in [2.75, 3.05) is 6.61 Å². The van der Waals surface area contributed by atoms with E-state index in [1.54, 1.807) is 12.1 Å². The molecule has 0 aliphatic heterocycles. The van der Waals surface area contributed by atoms with Crippen molar-refractivity contribution in [3.05, 3.63) is 34.4 Å². The van der Waals surface area contributed by atoms with Gasteiger partial charge < -0.3 is 14.8 Å². The molecule has 2 rings (SSSR count). The number of carbonyl (C=O) groups excluding carboxylic acids is 1. The summed E-state index contributed by atoms with van der Waals surface area (Å²) in [5, 5.41) is 13.5. The summed E-state index contributed by atoms with van der Waals surface area (Å²) in [6, 6.07) is 6.16. The molecule has 132 valence electrons. The molecule has 7 nitrogen and oxygen atoms in total. The summed E-state index contributed by atoms with van der Waals surface area (Å²) >= 11 is 0. The van der Waals surface area contributed by atoms with Crippen molar-refractivity contribution >= 4 is 11.8 Å². The van der Waals surface area contributed by atoms with E-state index < -0.39 is 10.5 Å². The van der Waals surface area contributed by atoms with Gasteiger partial charge in [0.25, 0.3) is 5.69 Å². The van der Waals surface area contributed by atoms with Gasteiger partial charge in [-0.1, -0.05) is 0 Å². The van der Waals surface area contributed by atoms with Crippen LogP contribution in [0.2, 0.25) is 0 Å². The Kier molecular flexibility index (Phi) is 5.64. The standard InChI is InChI=1S/C17H24N2O5/c1-17(2,3)24-16(20)18-13-5-4-12(10-13)11-23-15-8-6-14(7-9-15)19(21)22/h6-9,12-13H,4-5,10-11H2,1-3H3,(H,18,20). The minimum Gasteiger partial charge on any atom is -0.493 e. The highest BCUT2D eigenvalue weighted by molar-refractivity contribution is 5.68. The lowest BCUT2D eigenvalue weighted by molar-refractivity contribution is -0.384. The van der Waals surface area contributed by atoms with Crippen molar-refractivity contribution < 1.29 is 19.2 Å². The molecule has 0 radical (unpaired) electrons. The van der Waals surface area contributed by atoms with Crippen LogP contribution >= 0.6 is 0 Å². The number of rotatable bonds is 5. The van der Waals surface area contributed by atoms with Gasteiger partial charge in [0.2, 0.25) is 0 Å². The summed E-state index contributed by atoms with van der Waals surface area (Å²) in [5.74, 6) is 0.962. The Balaban J connectivity index is 1.74. The van der Waals surface area contributed by atoms with Gasteiger partial charge in [0.1, 0.15) is 11.4 Å². The number of carbonyl (C=O) groups is 1. The monoisotopic (exact) mass is 336 g/mol. The lowest BCUT2D eigenvalue weighted by atomic mass is 10.1. The highest BCUT2D eigenvalue weighted by atomic mass is 16.6. The van der Waals surface area contributed by atoms with E-state index in [0.717, 1.165) is 19.3 Å². The van der Waals surface area contributed by atoms with E-state index in [0.29, 0.717) is 18.3 Å². The minimum atomic E-state index is -0.499. The van der Waals surface area contributed by atoms with Crippen molar-refractivity contribution in [2.45, 2.75) is 51.7 Å². The zero-order valence-electron chi connectivity index (χ0n) is 14.3. The van der Waals surface area contributed by atoms with Gasteiger partial charge in [-0.2, -0.15) is 0 Å². The summed E-state index contributed by atoms with van der Waals surface area (Å²) in [7, 11) is 0. The molecule has 0 saturated heterocycles. The number of non-ortho nitro benzene ring substituents is 1. The van der Waals surface area contributed by atoms with Crippen LogP contribution in [0, 0.1) is 16.0 Å². The van der Waals surface area contributed by atoms with Gasteiger partial charge in [0, 0.05) is 18.2 Å². The Morgan fingerprint density at radius 2 is 1.96 bits per heavy atom. The third kappa shape index (κ3) is 5.72. The molecule has 1 saturated carbocycles. The molecule has 1 amide bonds.